The minimum Gasteiger partial charge on any atom is -0.494 e. The van der Waals surface area contributed by atoms with Crippen molar-refractivity contribution in [3.8, 4) is 16.9 Å². The van der Waals surface area contributed by atoms with Crippen LogP contribution in [0.2, 0.25) is 0 Å². The predicted molar refractivity (Wildman–Crippen MR) is 83.5 cm³/mol. The van der Waals surface area contributed by atoms with Gasteiger partial charge < -0.3 is 14.9 Å². The molecule has 0 aliphatic heterocycles. The van der Waals surface area contributed by atoms with Gasteiger partial charge in [0.15, 0.2) is 0 Å². The highest BCUT2D eigenvalue weighted by atomic mass is 16.5. The first-order valence-electron chi connectivity index (χ1n) is 6.74. The zero-order chi connectivity index (χ0) is 14.8. The van der Waals surface area contributed by atoms with Crippen molar-refractivity contribution in [3.05, 3.63) is 59.0 Å². The highest BCUT2D eigenvalue weighted by Gasteiger charge is 2.11. The molecule has 0 aliphatic carbocycles. The molecule has 3 rings (SSSR count). The van der Waals surface area contributed by atoms with Crippen molar-refractivity contribution in [2.24, 2.45) is 0 Å². The number of para-hydroxylation sites is 1. The van der Waals surface area contributed by atoms with Crippen molar-refractivity contribution in [3.63, 3.8) is 0 Å². The lowest BCUT2D eigenvalue weighted by molar-refractivity contribution is 0.340. The first-order chi connectivity index (χ1) is 10.2. The monoisotopic (exact) mass is 281 g/mol. The zero-order valence-electron chi connectivity index (χ0n) is 11.6. The molecule has 0 saturated heterocycles. The van der Waals surface area contributed by atoms with E-state index in [2.05, 4.69) is 0 Å². The number of anilines is 1. The summed E-state index contributed by atoms with van der Waals surface area (Å²) in [5.41, 5.74) is 7.80. The predicted octanol–water partition coefficient (Wildman–Crippen LogP) is 3.44. The summed E-state index contributed by atoms with van der Waals surface area (Å²) in [6.07, 6.45) is 0. The maximum absolute atomic E-state index is 12.1. The van der Waals surface area contributed by atoms with Gasteiger partial charge in [-0.05, 0) is 31.2 Å². The van der Waals surface area contributed by atoms with E-state index in [0.717, 1.165) is 5.39 Å². The molecule has 0 fully saturated rings. The van der Waals surface area contributed by atoms with Crippen molar-refractivity contribution >= 4 is 16.7 Å². The highest BCUT2D eigenvalue weighted by Crippen LogP contribution is 2.29. The molecule has 0 radical (unpaired) electrons. The van der Waals surface area contributed by atoms with Crippen LogP contribution in [-0.4, -0.2) is 6.61 Å². The smallest absolute Gasteiger partial charge is 0.344 e. The molecule has 106 valence electrons. The van der Waals surface area contributed by atoms with Crippen LogP contribution < -0.4 is 16.1 Å². The maximum Gasteiger partial charge on any atom is 0.344 e. The quantitative estimate of drug-likeness (QED) is 0.590. The van der Waals surface area contributed by atoms with Crippen molar-refractivity contribution in [2.45, 2.75) is 6.92 Å². The summed E-state index contributed by atoms with van der Waals surface area (Å²) in [5, 5.41) is 0.861. The van der Waals surface area contributed by atoms with E-state index in [1.54, 1.807) is 30.3 Å². The Morgan fingerprint density at radius 1 is 1.10 bits per heavy atom. The van der Waals surface area contributed by atoms with Crippen LogP contribution in [0.1, 0.15) is 6.92 Å². The fraction of sp³-hybridized carbons (Fsp3) is 0.118. The number of fused-ring (bicyclic) bond motifs is 1. The first-order valence-corrected chi connectivity index (χ1v) is 6.74. The fourth-order valence-electron chi connectivity index (χ4n) is 2.29. The number of nitrogens with two attached hydrogens (primary N) is 1. The van der Waals surface area contributed by atoms with E-state index in [-0.39, 0.29) is 0 Å². The van der Waals surface area contributed by atoms with Crippen molar-refractivity contribution < 1.29 is 9.15 Å². The second-order valence-corrected chi connectivity index (χ2v) is 4.67. The number of benzene rings is 2. The lowest BCUT2D eigenvalue weighted by Gasteiger charge is -2.09. The van der Waals surface area contributed by atoms with Crippen molar-refractivity contribution in [1.29, 1.82) is 0 Å². The zero-order valence-corrected chi connectivity index (χ0v) is 11.6. The standard InChI is InChI=1S/C17H15NO3/c1-2-20-12-7-8-13(15(18)10-12)14-9-11-5-3-4-6-16(11)21-17(14)19/h3-10H,2,18H2,1H3. The van der Waals surface area contributed by atoms with Crippen LogP contribution in [0.3, 0.4) is 0 Å². The molecule has 1 heterocycles. The Kier molecular flexibility index (Phi) is 3.36. The van der Waals surface area contributed by atoms with Gasteiger partial charge in [0.25, 0.3) is 0 Å². The summed E-state index contributed by atoms with van der Waals surface area (Å²) >= 11 is 0. The lowest BCUT2D eigenvalue weighted by Crippen LogP contribution is -2.05. The largest absolute Gasteiger partial charge is 0.494 e. The van der Waals surface area contributed by atoms with Gasteiger partial charge in [-0.15, -0.1) is 0 Å². The molecule has 0 aliphatic rings. The van der Waals surface area contributed by atoms with Gasteiger partial charge in [-0.2, -0.15) is 0 Å². The van der Waals surface area contributed by atoms with Gasteiger partial charge in [0, 0.05) is 22.7 Å². The molecule has 0 amide bonds. The second-order valence-electron chi connectivity index (χ2n) is 4.67. The lowest BCUT2D eigenvalue weighted by atomic mass is 10.0. The molecule has 0 saturated carbocycles. The molecule has 4 nitrogen and oxygen atoms in total. The van der Waals surface area contributed by atoms with Crippen molar-refractivity contribution in [1.82, 2.24) is 0 Å². The molecule has 4 heteroatoms. The molecule has 2 aromatic carbocycles. The Morgan fingerprint density at radius 2 is 1.90 bits per heavy atom. The highest BCUT2D eigenvalue weighted by molar-refractivity contribution is 5.85. The second kappa shape index (κ2) is 5.32. The summed E-state index contributed by atoms with van der Waals surface area (Å²) < 4.78 is 10.7. The molecule has 3 aromatic rings. The summed E-state index contributed by atoms with van der Waals surface area (Å²) in [6.45, 7) is 2.47. The SMILES string of the molecule is CCOc1ccc(-c2cc3ccccc3oc2=O)c(N)c1. The van der Waals surface area contributed by atoms with Gasteiger partial charge in [-0.25, -0.2) is 4.79 Å². The van der Waals surface area contributed by atoms with Gasteiger partial charge in [0.1, 0.15) is 11.3 Å². The molecular formula is C17H15NO3. The summed E-state index contributed by atoms with van der Waals surface area (Å²) in [6, 6.07) is 14.5. The number of nitrogen functional groups attached to an aromatic ring is 1. The van der Waals surface area contributed by atoms with Gasteiger partial charge in [0.05, 0.1) is 12.2 Å². The van der Waals surface area contributed by atoms with Gasteiger partial charge in [0.2, 0.25) is 0 Å². The average Bonchev–Trinajstić information content (AvgIpc) is 2.47. The molecule has 0 bridgehead atoms. The Labute approximate surface area is 121 Å². The normalized spacial score (nSPS) is 10.7. The summed E-state index contributed by atoms with van der Waals surface area (Å²) in [7, 11) is 0. The third-order valence-corrected chi connectivity index (χ3v) is 3.27. The van der Waals surface area contributed by atoms with Crippen molar-refractivity contribution in [2.75, 3.05) is 12.3 Å². The van der Waals surface area contributed by atoms with Crippen LogP contribution in [0.4, 0.5) is 5.69 Å². The Hall–Kier alpha value is -2.75. The number of hydrogen-bond donors (Lipinski definition) is 1. The van der Waals surface area contributed by atoms with Gasteiger partial charge in [-0.3, -0.25) is 0 Å². The first kappa shape index (κ1) is 13.2. The van der Waals surface area contributed by atoms with E-state index in [1.807, 2.05) is 25.1 Å². The third kappa shape index (κ3) is 2.48. The Balaban J connectivity index is 2.16. The van der Waals surface area contributed by atoms with Crippen LogP contribution in [-0.2, 0) is 0 Å². The number of ether oxygens (including phenoxy) is 1. The van der Waals surface area contributed by atoms with E-state index < -0.39 is 5.63 Å². The van der Waals surface area contributed by atoms with E-state index in [9.17, 15) is 4.79 Å². The number of hydrogen-bond acceptors (Lipinski definition) is 4. The maximum atomic E-state index is 12.1. The van der Waals surface area contributed by atoms with E-state index in [4.69, 9.17) is 14.9 Å². The molecule has 0 spiro atoms. The van der Waals surface area contributed by atoms with Crippen LogP contribution in [0.25, 0.3) is 22.1 Å². The van der Waals surface area contributed by atoms with E-state index >= 15 is 0 Å². The molecule has 21 heavy (non-hydrogen) atoms. The van der Waals surface area contributed by atoms with Crippen LogP contribution in [0.5, 0.6) is 5.75 Å². The van der Waals surface area contributed by atoms with Gasteiger partial charge in [-0.1, -0.05) is 18.2 Å². The fourth-order valence-corrected chi connectivity index (χ4v) is 2.29. The molecule has 0 unspecified atom stereocenters. The van der Waals surface area contributed by atoms with Crippen LogP contribution >= 0.6 is 0 Å². The minimum absolute atomic E-state index is 0.399. The van der Waals surface area contributed by atoms with Crippen LogP contribution in [0.15, 0.2) is 57.7 Å². The topological polar surface area (TPSA) is 65.5 Å². The molecule has 2 N–H and O–H groups in total. The Morgan fingerprint density at radius 3 is 2.67 bits per heavy atom. The Bertz CT molecular complexity index is 852. The van der Waals surface area contributed by atoms with Gasteiger partial charge >= 0.3 is 5.63 Å². The van der Waals surface area contributed by atoms with E-state index in [1.165, 1.54) is 0 Å². The average molecular weight is 281 g/mol. The van der Waals surface area contributed by atoms with E-state index in [0.29, 0.717) is 34.8 Å². The molecule has 1 aromatic heterocycles. The summed E-state index contributed by atoms with van der Waals surface area (Å²) in [4.78, 5) is 12.1. The third-order valence-electron chi connectivity index (χ3n) is 3.27. The molecule has 0 atom stereocenters. The molecular weight excluding hydrogens is 266 g/mol. The number of rotatable bonds is 3. The van der Waals surface area contributed by atoms with Crippen LogP contribution in [0, 0.1) is 0 Å². The minimum atomic E-state index is -0.399. The summed E-state index contributed by atoms with van der Waals surface area (Å²) in [5.74, 6) is 0.684.